The van der Waals surface area contributed by atoms with Gasteiger partial charge in [0.25, 0.3) is 0 Å². The van der Waals surface area contributed by atoms with Gasteiger partial charge in [0.2, 0.25) is 0 Å². The molecule has 1 aliphatic heterocycles. The van der Waals surface area contributed by atoms with E-state index >= 15 is 0 Å². The van der Waals surface area contributed by atoms with Gasteiger partial charge in [0, 0.05) is 11.9 Å². The Morgan fingerprint density at radius 3 is 2.95 bits per heavy atom. The van der Waals surface area contributed by atoms with Gasteiger partial charge in [-0.15, -0.1) is 11.6 Å². The molecule has 1 aromatic rings. The van der Waals surface area contributed by atoms with Crippen molar-refractivity contribution in [2.24, 2.45) is 0 Å². The second-order valence-electron chi connectivity index (χ2n) is 4.60. The molecule has 0 aliphatic carbocycles. The number of hydrogen-bond donors (Lipinski definition) is 3. The summed E-state index contributed by atoms with van der Waals surface area (Å²) in [5, 5.41) is 18.9. The summed E-state index contributed by atoms with van der Waals surface area (Å²) >= 11 is 7.56. The largest absolute Gasteiger partial charge is 0.393 e. The molecule has 0 radical (unpaired) electrons. The van der Waals surface area contributed by atoms with Crippen LogP contribution < -0.4 is 11.4 Å². The lowest BCUT2D eigenvalue weighted by Gasteiger charge is -2.29. The number of ether oxygens (including phenoxy) is 1. The molecule has 2 heterocycles. The van der Waals surface area contributed by atoms with Gasteiger partial charge in [-0.2, -0.15) is 16.7 Å². The molecule has 112 valence electrons. The second kappa shape index (κ2) is 5.90. The van der Waals surface area contributed by atoms with Crippen molar-refractivity contribution in [3.8, 4) is 0 Å². The number of alkyl halides is 1. The summed E-state index contributed by atoms with van der Waals surface area (Å²) < 4.78 is 6.86. The third-order valence-electron chi connectivity index (χ3n) is 3.25. The highest BCUT2D eigenvalue weighted by Gasteiger charge is 2.54. The van der Waals surface area contributed by atoms with E-state index in [1.165, 1.54) is 24.0 Å². The smallest absolute Gasteiger partial charge is 0.351 e. The molecular weight excluding hydrogens is 306 g/mol. The van der Waals surface area contributed by atoms with E-state index in [0.29, 0.717) is 5.75 Å². The van der Waals surface area contributed by atoms with Crippen LogP contribution in [0.2, 0.25) is 0 Å². The summed E-state index contributed by atoms with van der Waals surface area (Å²) in [7, 11) is 0. The molecule has 4 atom stereocenters. The lowest BCUT2D eigenvalue weighted by Crippen LogP contribution is -2.47. The maximum absolute atomic E-state index is 11.8. The topological polar surface area (TPSA) is 111 Å². The molecule has 20 heavy (non-hydrogen) atoms. The van der Waals surface area contributed by atoms with Crippen LogP contribution in [0.25, 0.3) is 0 Å². The standard InChI is InChI=1S/C11H16ClN3O4S/c1-20-5-11(4-16)8(17)7(12)9(19-11)15-3-2-6(13)14-10(15)18/h2-3,7-9,16-17H,4-5H2,1H3,(H2,13,14,18)/t7-,8+,9-,11+/m1/s1. The molecule has 1 fully saturated rings. The molecule has 9 heteroatoms. The number of anilines is 1. The number of halogens is 1. The van der Waals surface area contributed by atoms with Crippen LogP contribution in [-0.2, 0) is 4.74 Å². The van der Waals surface area contributed by atoms with E-state index < -0.39 is 35.6 Å². The van der Waals surface area contributed by atoms with Crippen molar-refractivity contribution in [2.45, 2.75) is 23.3 Å². The first-order valence-corrected chi connectivity index (χ1v) is 7.72. The van der Waals surface area contributed by atoms with Gasteiger partial charge in [0.15, 0.2) is 6.23 Å². The molecule has 0 saturated carbocycles. The highest BCUT2D eigenvalue weighted by atomic mass is 35.5. The average Bonchev–Trinajstić information content (AvgIpc) is 2.65. The highest BCUT2D eigenvalue weighted by Crippen LogP contribution is 2.41. The molecule has 7 nitrogen and oxygen atoms in total. The average molecular weight is 322 g/mol. The number of aromatic nitrogens is 2. The molecule has 0 unspecified atom stereocenters. The predicted octanol–water partition coefficient (Wildman–Crippen LogP) is -0.583. The summed E-state index contributed by atoms with van der Waals surface area (Å²) in [6.07, 6.45) is 1.22. The first-order valence-electron chi connectivity index (χ1n) is 5.89. The van der Waals surface area contributed by atoms with E-state index in [1.54, 1.807) is 0 Å². The zero-order valence-electron chi connectivity index (χ0n) is 10.8. The van der Waals surface area contributed by atoms with Crippen molar-refractivity contribution in [2.75, 3.05) is 24.3 Å². The quantitative estimate of drug-likeness (QED) is 0.636. The zero-order valence-corrected chi connectivity index (χ0v) is 12.3. The molecule has 4 N–H and O–H groups in total. The predicted molar refractivity (Wildman–Crippen MR) is 76.9 cm³/mol. The molecule has 1 aliphatic rings. The summed E-state index contributed by atoms with van der Waals surface area (Å²) in [4.78, 5) is 15.4. The van der Waals surface area contributed by atoms with Crippen molar-refractivity contribution in [3.63, 3.8) is 0 Å². The van der Waals surface area contributed by atoms with Gasteiger partial charge < -0.3 is 20.7 Å². The Labute approximate surface area is 124 Å². The van der Waals surface area contributed by atoms with Crippen LogP contribution >= 0.6 is 23.4 Å². The lowest BCUT2D eigenvalue weighted by atomic mass is 10.00. The van der Waals surface area contributed by atoms with Crippen molar-refractivity contribution >= 4 is 29.2 Å². The fourth-order valence-electron chi connectivity index (χ4n) is 2.19. The maximum atomic E-state index is 11.8. The minimum atomic E-state index is -1.20. The van der Waals surface area contributed by atoms with Crippen molar-refractivity contribution < 1.29 is 14.9 Å². The fourth-order valence-corrected chi connectivity index (χ4v) is 3.41. The molecule has 0 spiro atoms. The van der Waals surface area contributed by atoms with Crippen LogP contribution in [0.15, 0.2) is 17.1 Å². The maximum Gasteiger partial charge on any atom is 0.351 e. The van der Waals surface area contributed by atoms with Gasteiger partial charge in [0.1, 0.15) is 22.9 Å². The number of nitrogens with zero attached hydrogens (tertiary/aromatic N) is 2. The van der Waals surface area contributed by atoms with Crippen LogP contribution in [0.4, 0.5) is 5.82 Å². The van der Waals surface area contributed by atoms with Gasteiger partial charge in [-0.25, -0.2) is 4.79 Å². The monoisotopic (exact) mass is 321 g/mol. The number of hydrogen-bond acceptors (Lipinski definition) is 7. The van der Waals surface area contributed by atoms with Crippen molar-refractivity contribution in [3.05, 3.63) is 22.7 Å². The van der Waals surface area contributed by atoms with Crippen LogP contribution in [0, 0.1) is 0 Å². The Hall–Kier alpha value is -0.800. The van der Waals surface area contributed by atoms with E-state index in [0.717, 1.165) is 4.57 Å². The van der Waals surface area contributed by atoms with Crippen LogP contribution in [0.1, 0.15) is 6.23 Å². The van der Waals surface area contributed by atoms with Crippen molar-refractivity contribution in [1.82, 2.24) is 9.55 Å². The van der Waals surface area contributed by atoms with Crippen LogP contribution in [0.3, 0.4) is 0 Å². The van der Waals surface area contributed by atoms with Gasteiger partial charge >= 0.3 is 5.69 Å². The van der Waals surface area contributed by atoms with Gasteiger partial charge in [-0.1, -0.05) is 0 Å². The van der Waals surface area contributed by atoms with Gasteiger partial charge in [-0.3, -0.25) is 4.57 Å². The van der Waals surface area contributed by atoms with E-state index in [1.807, 2.05) is 6.26 Å². The van der Waals surface area contributed by atoms with E-state index in [2.05, 4.69) is 4.98 Å². The molecule has 0 amide bonds. The van der Waals surface area contributed by atoms with E-state index in [9.17, 15) is 15.0 Å². The Kier molecular flexibility index (Phi) is 4.60. The molecular formula is C11H16ClN3O4S. The summed E-state index contributed by atoms with van der Waals surface area (Å²) in [5.41, 5.74) is 3.61. The fraction of sp³-hybridized carbons (Fsp3) is 0.636. The SMILES string of the molecule is CSC[C@]1(CO)O[C@@H](n2ccc(N)nc2=O)[C@H](Cl)[C@@H]1O. The number of thioether (sulfide) groups is 1. The van der Waals surface area contributed by atoms with Crippen molar-refractivity contribution in [1.29, 1.82) is 0 Å². The first-order chi connectivity index (χ1) is 9.45. The number of rotatable bonds is 4. The first kappa shape index (κ1) is 15.6. The minimum absolute atomic E-state index is 0.0912. The third kappa shape index (κ3) is 2.53. The Morgan fingerprint density at radius 2 is 2.40 bits per heavy atom. The lowest BCUT2D eigenvalue weighted by molar-refractivity contribution is -0.113. The Morgan fingerprint density at radius 1 is 1.70 bits per heavy atom. The van der Waals surface area contributed by atoms with Gasteiger partial charge in [-0.05, 0) is 12.3 Å². The molecule has 0 bridgehead atoms. The summed E-state index contributed by atoms with van der Waals surface area (Å²) in [6.45, 7) is -0.397. The summed E-state index contributed by atoms with van der Waals surface area (Å²) in [5.74, 6) is 0.440. The number of nitrogen functional groups attached to an aromatic ring is 1. The van der Waals surface area contributed by atoms with Crippen LogP contribution in [-0.4, -0.2) is 55.5 Å². The van der Waals surface area contributed by atoms with Gasteiger partial charge in [0.05, 0.1) is 6.61 Å². The molecule has 1 saturated heterocycles. The molecule has 0 aromatic carbocycles. The number of aliphatic hydroxyl groups excluding tert-OH is 2. The Balaban J connectivity index is 2.37. The van der Waals surface area contributed by atoms with Crippen LogP contribution in [0.5, 0.6) is 0 Å². The Bertz CT molecular complexity index is 543. The highest BCUT2D eigenvalue weighted by molar-refractivity contribution is 7.98. The molecule has 2 rings (SSSR count). The second-order valence-corrected chi connectivity index (χ2v) is 5.97. The normalized spacial score (nSPS) is 33.5. The minimum Gasteiger partial charge on any atom is -0.393 e. The zero-order chi connectivity index (χ0) is 14.9. The third-order valence-corrected chi connectivity index (χ3v) is 4.48. The summed E-state index contributed by atoms with van der Waals surface area (Å²) in [6, 6.07) is 1.44. The number of aliphatic hydroxyl groups is 2. The number of nitrogens with two attached hydrogens (primary N) is 1. The van der Waals surface area contributed by atoms with E-state index in [-0.39, 0.29) is 5.82 Å². The van der Waals surface area contributed by atoms with E-state index in [4.69, 9.17) is 22.1 Å². The molecule has 1 aromatic heterocycles.